The van der Waals surface area contributed by atoms with Gasteiger partial charge in [0.2, 0.25) is 0 Å². The molecule has 0 bridgehead atoms. The maximum absolute atomic E-state index is 12.9. The number of rotatable bonds is 7. The van der Waals surface area contributed by atoms with Gasteiger partial charge >= 0.3 is 0 Å². The molecule has 26 heavy (non-hydrogen) atoms. The van der Waals surface area contributed by atoms with Crippen molar-refractivity contribution < 1.29 is 9.18 Å². The number of pyridine rings is 1. The number of amides is 1. The van der Waals surface area contributed by atoms with Crippen molar-refractivity contribution in [2.45, 2.75) is 13.0 Å². The summed E-state index contributed by atoms with van der Waals surface area (Å²) in [5.41, 5.74) is 2.24. The molecule has 2 N–H and O–H groups in total. The molecule has 6 nitrogen and oxygen atoms in total. The second-order valence-electron chi connectivity index (χ2n) is 5.65. The normalized spacial score (nSPS) is 10.3. The number of nitrogens with one attached hydrogen (secondary N) is 2. The molecule has 2 aromatic heterocycles. The van der Waals surface area contributed by atoms with Crippen LogP contribution in [0.4, 0.5) is 10.2 Å². The van der Waals surface area contributed by atoms with Crippen molar-refractivity contribution in [2.24, 2.45) is 0 Å². The van der Waals surface area contributed by atoms with Crippen molar-refractivity contribution in [2.75, 3.05) is 11.9 Å². The maximum atomic E-state index is 12.9. The molecule has 3 aromatic rings. The monoisotopic (exact) mass is 351 g/mol. The zero-order valence-corrected chi connectivity index (χ0v) is 14.0. The Morgan fingerprint density at radius 2 is 1.69 bits per heavy atom. The van der Waals surface area contributed by atoms with E-state index in [-0.39, 0.29) is 17.4 Å². The van der Waals surface area contributed by atoms with Gasteiger partial charge in [-0.05, 0) is 53.9 Å². The molecule has 0 atom stereocenters. The van der Waals surface area contributed by atoms with Gasteiger partial charge < -0.3 is 10.6 Å². The molecule has 1 amide bonds. The van der Waals surface area contributed by atoms with Crippen LogP contribution in [0, 0.1) is 5.82 Å². The van der Waals surface area contributed by atoms with E-state index in [9.17, 15) is 9.18 Å². The topological polar surface area (TPSA) is 79.8 Å². The lowest BCUT2D eigenvalue weighted by Gasteiger charge is -2.07. The first-order valence-corrected chi connectivity index (χ1v) is 8.20. The third-order valence-electron chi connectivity index (χ3n) is 3.73. The minimum atomic E-state index is -0.285. The van der Waals surface area contributed by atoms with Gasteiger partial charge in [0.05, 0.1) is 0 Å². The third-order valence-corrected chi connectivity index (χ3v) is 3.73. The number of nitrogens with zero attached hydrogens (tertiary/aromatic N) is 3. The quantitative estimate of drug-likeness (QED) is 0.684. The van der Waals surface area contributed by atoms with Crippen LogP contribution in [0.5, 0.6) is 0 Å². The predicted octanol–water partition coefficient (Wildman–Crippen LogP) is 2.60. The molecule has 1 aromatic carbocycles. The van der Waals surface area contributed by atoms with E-state index in [1.165, 1.54) is 12.1 Å². The van der Waals surface area contributed by atoms with Gasteiger partial charge in [-0.2, -0.15) is 0 Å². The summed E-state index contributed by atoms with van der Waals surface area (Å²) in [6, 6.07) is 13.4. The van der Waals surface area contributed by atoms with E-state index in [1.54, 1.807) is 36.7 Å². The smallest absolute Gasteiger partial charge is 0.272 e. The number of carbonyl (C=O) groups is 1. The highest BCUT2D eigenvalue weighted by Crippen LogP contribution is 2.06. The Morgan fingerprint density at radius 3 is 2.38 bits per heavy atom. The number of halogens is 1. The van der Waals surface area contributed by atoms with Crippen molar-refractivity contribution in [3.8, 4) is 0 Å². The minimum Gasteiger partial charge on any atom is -0.368 e. The molecule has 2 heterocycles. The van der Waals surface area contributed by atoms with Crippen LogP contribution in [0.1, 0.15) is 21.6 Å². The maximum Gasteiger partial charge on any atom is 0.272 e. The molecular weight excluding hydrogens is 333 g/mol. The summed E-state index contributed by atoms with van der Waals surface area (Å²) < 4.78 is 12.9. The van der Waals surface area contributed by atoms with Crippen LogP contribution in [0.15, 0.2) is 60.9 Å². The summed E-state index contributed by atoms with van der Waals surface area (Å²) in [5.74, 6) is 0.0512. The minimum absolute atomic E-state index is 0.245. The molecule has 0 aliphatic rings. The molecule has 0 spiro atoms. The van der Waals surface area contributed by atoms with Crippen molar-refractivity contribution >= 4 is 11.7 Å². The van der Waals surface area contributed by atoms with Gasteiger partial charge in [0, 0.05) is 25.5 Å². The number of anilines is 1. The van der Waals surface area contributed by atoms with E-state index < -0.39 is 0 Å². The second-order valence-corrected chi connectivity index (χ2v) is 5.65. The zero-order chi connectivity index (χ0) is 18.2. The van der Waals surface area contributed by atoms with Crippen LogP contribution < -0.4 is 10.6 Å². The number of carbonyl (C=O) groups excluding carboxylic acids is 1. The molecule has 0 saturated heterocycles. The summed E-state index contributed by atoms with van der Waals surface area (Å²) >= 11 is 0. The van der Waals surface area contributed by atoms with Gasteiger partial charge in [-0.3, -0.25) is 9.78 Å². The summed E-state index contributed by atoms with van der Waals surface area (Å²) in [7, 11) is 0. The summed E-state index contributed by atoms with van der Waals surface area (Å²) in [6.07, 6.45) is 4.08. The van der Waals surface area contributed by atoms with Crippen LogP contribution in [-0.2, 0) is 13.0 Å². The fraction of sp³-hybridized carbons (Fsp3) is 0.158. The van der Waals surface area contributed by atoms with Gasteiger partial charge in [-0.25, -0.2) is 4.39 Å². The van der Waals surface area contributed by atoms with Crippen molar-refractivity contribution in [3.63, 3.8) is 0 Å². The summed E-state index contributed by atoms with van der Waals surface area (Å²) in [4.78, 5) is 16.0. The lowest BCUT2D eigenvalue weighted by Crippen LogP contribution is -2.24. The van der Waals surface area contributed by atoms with Crippen LogP contribution in [0.25, 0.3) is 0 Å². The standard InChI is InChI=1S/C19H18FN5O/c20-16-3-1-14(2-4-16)9-12-22-18-6-5-17(24-25-18)19(26)23-13-15-7-10-21-11-8-15/h1-8,10-11H,9,12-13H2,(H,22,25)(H,23,26). The highest BCUT2D eigenvalue weighted by atomic mass is 19.1. The molecule has 0 unspecified atom stereocenters. The Balaban J connectivity index is 1.46. The van der Waals surface area contributed by atoms with E-state index in [1.807, 2.05) is 12.1 Å². The van der Waals surface area contributed by atoms with Crippen molar-refractivity contribution in [1.82, 2.24) is 20.5 Å². The van der Waals surface area contributed by atoms with Gasteiger partial charge in [-0.1, -0.05) is 12.1 Å². The Hall–Kier alpha value is -3.35. The first-order valence-electron chi connectivity index (χ1n) is 8.20. The Labute approximate surface area is 150 Å². The SMILES string of the molecule is O=C(NCc1ccncc1)c1ccc(NCCc2ccc(F)cc2)nn1. The number of hydrogen-bond acceptors (Lipinski definition) is 5. The predicted molar refractivity (Wildman–Crippen MR) is 96.0 cm³/mol. The molecular formula is C19H18FN5O. The van der Waals surface area contributed by atoms with Crippen molar-refractivity contribution in [3.05, 3.63) is 83.6 Å². The van der Waals surface area contributed by atoms with E-state index in [0.29, 0.717) is 18.9 Å². The van der Waals surface area contributed by atoms with Crippen LogP contribution >= 0.6 is 0 Å². The average Bonchev–Trinajstić information content (AvgIpc) is 2.69. The van der Waals surface area contributed by atoms with Crippen LogP contribution in [0.2, 0.25) is 0 Å². The van der Waals surface area contributed by atoms with Crippen LogP contribution in [-0.4, -0.2) is 27.6 Å². The molecule has 0 aliphatic heterocycles. The number of benzene rings is 1. The Morgan fingerprint density at radius 1 is 0.923 bits per heavy atom. The number of hydrogen-bond donors (Lipinski definition) is 2. The van der Waals surface area contributed by atoms with Gasteiger partial charge in [-0.15, -0.1) is 10.2 Å². The van der Waals surface area contributed by atoms with E-state index >= 15 is 0 Å². The summed E-state index contributed by atoms with van der Waals surface area (Å²) in [6.45, 7) is 1.04. The van der Waals surface area contributed by atoms with E-state index in [4.69, 9.17) is 0 Å². The molecule has 3 rings (SSSR count). The molecule has 0 aliphatic carbocycles. The fourth-order valence-electron chi connectivity index (χ4n) is 2.31. The zero-order valence-electron chi connectivity index (χ0n) is 14.0. The molecule has 7 heteroatoms. The van der Waals surface area contributed by atoms with Gasteiger partial charge in [0.1, 0.15) is 11.6 Å². The third kappa shape index (κ3) is 5.07. The molecule has 0 fully saturated rings. The summed E-state index contributed by atoms with van der Waals surface area (Å²) in [5, 5.41) is 13.9. The lowest BCUT2D eigenvalue weighted by molar-refractivity contribution is 0.0945. The first kappa shape index (κ1) is 17.5. The van der Waals surface area contributed by atoms with Crippen molar-refractivity contribution in [1.29, 1.82) is 0 Å². The highest BCUT2D eigenvalue weighted by molar-refractivity contribution is 5.92. The second kappa shape index (κ2) is 8.66. The lowest BCUT2D eigenvalue weighted by atomic mass is 10.1. The average molecular weight is 351 g/mol. The largest absolute Gasteiger partial charge is 0.368 e. The Kier molecular flexibility index (Phi) is 5.82. The van der Waals surface area contributed by atoms with E-state index in [0.717, 1.165) is 17.5 Å². The first-order chi connectivity index (χ1) is 12.7. The number of aromatic nitrogens is 3. The van der Waals surface area contributed by atoms with Gasteiger partial charge in [0.15, 0.2) is 5.69 Å². The van der Waals surface area contributed by atoms with E-state index in [2.05, 4.69) is 25.8 Å². The molecule has 0 saturated carbocycles. The Bertz CT molecular complexity index is 838. The molecule has 0 radical (unpaired) electrons. The fourth-order valence-corrected chi connectivity index (χ4v) is 2.31. The van der Waals surface area contributed by atoms with Crippen LogP contribution in [0.3, 0.4) is 0 Å². The molecule has 132 valence electrons. The highest BCUT2D eigenvalue weighted by Gasteiger charge is 2.08. The van der Waals surface area contributed by atoms with Gasteiger partial charge in [0.25, 0.3) is 5.91 Å².